The number of carbonyl (C=O) groups is 1. The van der Waals surface area contributed by atoms with Gasteiger partial charge in [0.25, 0.3) is 5.91 Å². The van der Waals surface area contributed by atoms with Crippen molar-refractivity contribution in [1.82, 2.24) is 4.90 Å². The van der Waals surface area contributed by atoms with Gasteiger partial charge in [-0.05, 0) is 101 Å². The van der Waals surface area contributed by atoms with Gasteiger partial charge in [-0.15, -0.1) is 0 Å². The van der Waals surface area contributed by atoms with E-state index in [1.165, 1.54) is 11.8 Å². The lowest BCUT2D eigenvalue weighted by Crippen LogP contribution is -2.32. The molecule has 1 saturated heterocycles. The van der Waals surface area contributed by atoms with Crippen molar-refractivity contribution in [1.29, 1.82) is 5.26 Å². The van der Waals surface area contributed by atoms with E-state index < -0.39 is 0 Å². The van der Waals surface area contributed by atoms with Gasteiger partial charge < -0.3 is 9.47 Å². The fourth-order valence-corrected chi connectivity index (χ4v) is 5.79. The van der Waals surface area contributed by atoms with Gasteiger partial charge in [-0.2, -0.15) is 5.26 Å². The molecule has 1 heterocycles. The summed E-state index contributed by atoms with van der Waals surface area (Å²) in [6, 6.07) is 20.6. The number of amidine groups is 1. The molecule has 39 heavy (non-hydrogen) atoms. The van der Waals surface area contributed by atoms with Crippen LogP contribution in [0.25, 0.3) is 6.08 Å². The maximum atomic E-state index is 13.4. The number of halogens is 2. The van der Waals surface area contributed by atoms with E-state index in [0.29, 0.717) is 45.3 Å². The minimum absolute atomic E-state index is 0.0807. The Kier molecular flexibility index (Phi) is 9.94. The minimum Gasteiger partial charge on any atom is -0.490 e. The van der Waals surface area contributed by atoms with Gasteiger partial charge in [0.2, 0.25) is 0 Å². The summed E-state index contributed by atoms with van der Waals surface area (Å²) in [5.41, 5.74) is 2.93. The molecular weight excluding hydrogens is 645 g/mol. The zero-order valence-electron chi connectivity index (χ0n) is 21.8. The van der Waals surface area contributed by atoms with E-state index in [9.17, 15) is 10.1 Å². The lowest BCUT2D eigenvalue weighted by atomic mass is 10.1. The zero-order chi connectivity index (χ0) is 27.9. The Hall–Kier alpha value is -3.00. The molecule has 1 aliphatic rings. The fourth-order valence-electron chi connectivity index (χ4n) is 3.87. The van der Waals surface area contributed by atoms with Crippen molar-refractivity contribution < 1.29 is 14.3 Å². The Balaban J connectivity index is 1.64. The summed E-state index contributed by atoms with van der Waals surface area (Å²) in [5.74, 6) is 1.37. The molecule has 1 aliphatic heterocycles. The Labute approximate surface area is 251 Å². The number of nitrogens with zero attached hydrogens (tertiary/aromatic N) is 3. The van der Waals surface area contributed by atoms with Gasteiger partial charge in [0.15, 0.2) is 16.7 Å². The highest BCUT2D eigenvalue weighted by Gasteiger charge is 2.34. The van der Waals surface area contributed by atoms with Gasteiger partial charge in [-0.3, -0.25) is 9.69 Å². The van der Waals surface area contributed by atoms with Crippen molar-refractivity contribution in [3.8, 4) is 17.6 Å². The highest BCUT2D eigenvalue weighted by Crippen LogP contribution is 2.39. The number of rotatable bonds is 9. The van der Waals surface area contributed by atoms with Crippen molar-refractivity contribution in [2.75, 3.05) is 13.2 Å². The smallest absolute Gasteiger partial charge is 0.266 e. The first-order chi connectivity index (χ1) is 18.8. The highest BCUT2D eigenvalue weighted by molar-refractivity contribution is 14.1. The number of hydrogen-bond donors (Lipinski definition) is 0. The highest BCUT2D eigenvalue weighted by atomic mass is 127. The number of amides is 1. The molecule has 1 fully saturated rings. The molecule has 0 spiro atoms. The molecule has 0 saturated carbocycles. The monoisotopic (exact) mass is 671 g/mol. The molecule has 3 aromatic rings. The van der Waals surface area contributed by atoms with Crippen molar-refractivity contribution in [3.63, 3.8) is 0 Å². The van der Waals surface area contributed by atoms with Crippen molar-refractivity contribution in [2.45, 2.75) is 27.4 Å². The summed E-state index contributed by atoms with van der Waals surface area (Å²) < 4.78 is 12.9. The fraction of sp³-hybridized carbons (Fsp3) is 0.233. The molecule has 6 nitrogen and oxygen atoms in total. The first-order valence-electron chi connectivity index (χ1n) is 12.4. The van der Waals surface area contributed by atoms with E-state index in [-0.39, 0.29) is 18.4 Å². The predicted molar refractivity (Wildman–Crippen MR) is 166 cm³/mol. The number of thioether (sulfide) groups is 1. The maximum Gasteiger partial charge on any atom is 0.266 e. The summed E-state index contributed by atoms with van der Waals surface area (Å²) in [5, 5.41) is 10.7. The van der Waals surface area contributed by atoms with Crippen molar-refractivity contribution in [2.24, 2.45) is 10.9 Å². The second-order valence-electron chi connectivity index (χ2n) is 9.11. The van der Waals surface area contributed by atoms with E-state index in [1.54, 1.807) is 23.1 Å². The molecule has 1 amide bonds. The van der Waals surface area contributed by atoms with Crippen LogP contribution >= 0.6 is 46.0 Å². The second-order valence-corrected chi connectivity index (χ2v) is 11.7. The van der Waals surface area contributed by atoms with E-state index in [2.05, 4.69) is 42.5 Å². The number of nitriles is 1. The van der Waals surface area contributed by atoms with Crippen LogP contribution in [0, 0.1) is 20.8 Å². The van der Waals surface area contributed by atoms with Crippen LogP contribution in [0.3, 0.4) is 0 Å². The van der Waals surface area contributed by atoms with Crippen molar-refractivity contribution in [3.05, 3.63) is 90.9 Å². The van der Waals surface area contributed by atoms with Gasteiger partial charge >= 0.3 is 0 Å². The third-order valence-corrected chi connectivity index (χ3v) is 7.69. The van der Waals surface area contributed by atoms with E-state index in [4.69, 9.17) is 26.1 Å². The molecule has 0 radical (unpaired) electrons. The topological polar surface area (TPSA) is 74.9 Å². The van der Waals surface area contributed by atoms with Crippen LogP contribution in [0.2, 0.25) is 5.02 Å². The van der Waals surface area contributed by atoms with E-state index in [1.807, 2.05) is 55.5 Å². The summed E-state index contributed by atoms with van der Waals surface area (Å²) in [6.07, 6.45) is 1.87. The normalized spacial score (nSPS) is 15.3. The zero-order valence-corrected chi connectivity index (χ0v) is 25.5. The Bertz CT molecular complexity index is 1470. The third kappa shape index (κ3) is 7.35. The molecule has 0 aromatic heterocycles. The Morgan fingerprint density at radius 2 is 1.90 bits per heavy atom. The van der Waals surface area contributed by atoms with Crippen LogP contribution in [0.5, 0.6) is 11.5 Å². The SMILES string of the molecule is CCOc1cc(/C=C2\SC(=Nc3ccc(Cl)cc3)N(CC(C)C)C2=O)cc(I)c1OCc1ccccc1C#N. The second kappa shape index (κ2) is 13.4. The molecule has 0 atom stereocenters. The molecule has 200 valence electrons. The predicted octanol–water partition coefficient (Wildman–Crippen LogP) is 8.05. The molecule has 4 rings (SSSR count). The Morgan fingerprint density at radius 1 is 1.15 bits per heavy atom. The number of carbonyl (C=O) groups excluding carboxylic acids is 1. The quantitative estimate of drug-likeness (QED) is 0.170. The molecular formula is C30H27ClIN3O3S. The summed E-state index contributed by atoms with van der Waals surface area (Å²) in [7, 11) is 0. The third-order valence-electron chi connectivity index (χ3n) is 5.63. The lowest BCUT2D eigenvalue weighted by molar-refractivity contribution is -0.122. The summed E-state index contributed by atoms with van der Waals surface area (Å²) in [6.45, 7) is 7.31. The van der Waals surface area contributed by atoms with Gasteiger partial charge in [0, 0.05) is 17.1 Å². The summed E-state index contributed by atoms with van der Waals surface area (Å²) >= 11 is 9.59. The molecule has 0 unspecified atom stereocenters. The van der Waals surface area contributed by atoms with E-state index >= 15 is 0 Å². The maximum absolute atomic E-state index is 13.4. The molecule has 0 N–H and O–H groups in total. The van der Waals surface area contributed by atoms with Crippen LogP contribution in [-0.4, -0.2) is 29.1 Å². The largest absolute Gasteiger partial charge is 0.490 e. The molecule has 3 aromatic carbocycles. The van der Waals surface area contributed by atoms with Gasteiger partial charge in [-0.1, -0.05) is 43.6 Å². The van der Waals surface area contributed by atoms with Crippen LogP contribution in [0.4, 0.5) is 5.69 Å². The summed E-state index contributed by atoms with van der Waals surface area (Å²) in [4.78, 5) is 20.5. The molecule has 9 heteroatoms. The first kappa shape index (κ1) is 29.0. The van der Waals surface area contributed by atoms with Gasteiger partial charge in [0.1, 0.15) is 6.61 Å². The van der Waals surface area contributed by atoms with Crippen LogP contribution < -0.4 is 9.47 Å². The standard InChI is InChI=1S/C30H27ClIN3O3S/c1-4-37-26-14-20(13-25(32)28(26)38-18-22-8-6-5-7-21(22)16-33)15-27-29(36)35(17-19(2)3)30(39-27)34-24-11-9-23(31)10-12-24/h5-15,19H,4,17-18H2,1-3H3/b27-15-,34-30?. The van der Waals surface area contributed by atoms with Crippen LogP contribution in [0.15, 0.2) is 70.6 Å². The number of benzene rings is 3. The van der Waals surface area contributed by atoms with Crippen LogP contribution in [-0.2, 0) is 11.4 Å². The number of ether oxygens (including phenoxy) is 2. The van der Waals surface area contributed by atoms with Crippen molar-refractivity contribution >= 4 is 68.8 Å². The molecule has 0 bridgehead atoms. The van der Waals surface area contributed by atoms with Crippen LogP contribution in [0.1, 0.15) is 37.5 Å². The first-order valence-corrected chi connectivity index (χ1v) is 14.7. The number of hydrogen-bond acceptors (Lipinski definition) is 6. The number of aliphatic imine (C=N–C) groups is 1. The molecule has 0 aliphatic carbocycles. The van der Waals surface area contributed by atoms with Gasteiger partial charge in [-0.25, -0.2) is 4.99 Å². The Morgan fingerprint density at radius 3 is 2.59 bits per heavy atom. The van der Waals surface area contributed by atoms with Gasteiger partial charge in [0.05, 0.1) is 32.4 Å². The average molecular weight is 672 g/mol. The average Bonchev–Trinajstić information content (AvgIpc) is 3.18. The lowest BCUT2D eigenvalue weighted by Gasteiger charge is -2.17. The minimum atomic E-state index is -0.0807. The van der Waals surface area contributed by atoms with E-state index in [0.717, 1.165) is 20.4 Å².